The van der Waals surface area contributed by atoms with Gasteiger partial charge in [0, 0.05) is 60.1 Å². The van der Waals surface area contributed by atoms with Crippen molar-refractivity contribution in [3.8, 4) is 78.6 Å². The molecule has 0 saturated heterocycles. The van der Waals surface area contributed by atoms with Gasteiger partial charge in [0.25, 0.3) is 0 Å². The van der Waals surface area contributed by atoms with E-state index >= 15 is 0 Å². The number of nitrogens with zero attached hydrogens (tertiary/aromatic N) is 2. The summed E-state index contributed by atoms with van der Waals surface area (Å²) in [4.78, 5) is 7.56. The summed E-state index contributed by atoms with van der Waals surface area (Å²) in [6.45, 7) is 4.52. The molecule has 442 valence electrons. The monoisotopic (exact) mass is 1220 g/mol. The number of hydrogen-bond acceptors (Lipinski definition) is 5. The van der Waals surface area contributed by atoms with E-state index in [4.69, 9.17) is 9.47 Å². The Hall–Kier alpha value is -11.3. The summed E-state index contributed by atoms with van der Waals surface area (Å²) in [5.41, 5.74) is 27.7. The molecule has 5 aliphatic heterocycles. The number of benzene rings is 14. The van der Waals surface area contributed by atoms with Crippen LogP contribution in [-0.2, 0) is 10.8 Å². The molecule has 5 aliphatic rings. The summed E-state index contributed by atoms with van der Waals surface area (Å²) in [5.74, 6) is 3.49. The van der Waals surface area contributed by atoms with Gasteiger partial charge in [-0.05, 0) is 163 Å². The highest BCUT2D eigenvalue weighted by Gasteiger charge is 2.52. The lowest BCUT2D eigenvalue weighted by molar-refractivity contribution is 0.418. The molecule has 19 rings (SSSR count). The molecule has 0 N–H and O–H groups in total. The fraction of sp³-hybridized carbons (Fsp3) is 0.0455. The van der Waals surface area contributed by atoms with Gasteiger partial charge >= 0.3 is 0 Å². The molecular formula is C88H59BN2O2S. The quantitative estimate of drug-likeness (QED) is 0.148. The lowest BCUT2D eigenvalue weighted by Gasteiger charge is -2.48. The summed E-state index contributed by atoms with van der Waals surface area (Å²) >= 11 is 1.91. The molecule has 0 amide bonds. The van der Waals surface area contributed by atoms with Gasteiger partial charge in [-0.25, -0.2) is 0 Å². The second kappa shape index (κ2) is 21.1. The molecule has 1 spiro atoms. The minimum Gasteiger partial charge on any atom is -0.457 e. The Kier molecular flexibility index (Phi) is 12.2. The molecule has 0 aliphatic carbocycles. The molecule has 0 unspecified atom stereocenters. The SMILES string of the molecule is CC1(C)c2ccccc2Oc2cc3c(cc21)N(c1ccc(-c2ccccc2)cc1-c1ccccc1)c1cc(-c2ccc4c(c2)C2(c5ccccc5Oc5ccccc52)c2ccccc2N4c2ccccc2)cc2c1B3c1cc(-c3ccccc3)cc(-c3ccccc3)c1S2. The van der Waals surface area contributed by atoms with Crippen molar-refractivity contribution in [2.45, 2.75) is 34.5 Å². The maximum absolute atomic E-state index is 7.22. The largest absolute Gasteiger partial charge is 0.457 e. The Morgan fingerprint density at radius 3 is 1.45 bits per heavy atom. The number of fused-ring (bicyclic) bond motifs is 14. The van der Waals surface area contributed by atoms with Gasteiger partial charge in [-0.3, -0.25) is 0 Å². The molecule has 94 heavy (non-hydrogen) atoms. The van der Waals surface area contributed by atoms with Gasteiger partial charge in [0.1, 0.15) is 23.0 Å². The van der Waals surface area contributed by atoms with Crippen LogP contribution in [0.2, 0.25) is 0 Å². The van der Waals surface area contributed by atoms with E-state index in [1.165, 1.54) is 70.7 Å². The summed E-state index contributed by atoms with van der Waals surface area (Å²) in [6.07, 6.45) is 0. The van der Waals surface area contributed by atoms with Gasteiger partial charge in [-0.1, -0.05) is 262 Å². The standard InChI is InChI=1S/C88H59BN2O2S/c1-87(2)68-37-19-23-41-80(68)93-83-55-73-78(54-72(83)87)91(75-46-44-60(56-26-8-3-9-27-56)48-65(75)58-30-12-5-13-31-58)79-52-63(53-84-85(79)89(73)74-51-62(57-28-10-4-11-29-57)49-66(86(74)94-84)59-32-14-6-15-33-59)61-45-47-77-71(50-61)88(67-36-18-22-40-76(67)90(77)64-34-16-7-17-35-64)69-38-20-24-42-81(69)92-82-43-25-21-39-70(82)88/h3-55H,1-2H3. The first kappa shape index (κ1) is 54.4. The number of hydrogen-bond donors (Lipinski definition) is 0. The third-order valence-corrected chi connectivity index (χ3v) is 21.6. The van der Waals surface area contributed by atoms with Crippen LogP contribution < -0.4 is 35.7 Å². The summed E-state index contributed by atoms with van der Waals surface area (Å²) in [5, 5.41) is 0. The van der Waals surface area contributed by atoms with Crippen LogP contribution in [0.5, 0.6) is 23.0 Å². The zero-order valence-electron chi connectivity index (χ0n) is 51.8. The van der Waals surface area contributed by atoms with Crippen LogP contribution >= 0.6 is 11.8 Å². The average Bonchev–Trinajstić information content (AvgIpc) is 0.689. The van der Waals surface area contributed by atoms with Gasteiger partial charge in [-0.15, -0.1) is 0 Å². The third kappa shape index (κ3) is 8.15. The normalized spacial score (nSPS) is 14.3. The van der Waals surface area contributed by atoms with Crippen LogP contribution in [0.4, 0.5) is 34.1 Å². The van der Waals surface area contributed by atoms with E-state index in [2.05, 4.69) is 345 Å². The van der Waals surface area contributed by atoms with Crippen LogP contribution in [0.25, 0.3) is 55.6 Å². The predicted octanol–water partition coefficient (Wildman–Crippen LogP) is 21.5. The smallest absolute Gasteiger partial charge is 0.249 e. The lowest BCUT2D eigenvalue weighted by atomic mass is 9.34. The fourth-order valence-corrected chi connectivity index (χ4v) is 17.5. The molecule has 0 bridgehead atoms. The molecule has 14 aromatic rings. The Morgan fingerprint density at radius 2 is 0.787 bits per heavy atom. The molecule has 0 atom stereocenters. The van der Waals surface area contributed by atoms with Crippen LogP contribution in [0.15, 0.2) is 331 Å². The molecule has 14 aromatic carbocycles. The number of para-hydroxylation sites is 5. The van der Waals surface area contributed by atoms with E-state index in [0.29, 0.717) is 0 Å². The molecule has 6 heteroatoms. The first-order valence-electron chi connectivity index (χ1n) is 32.5. The highest BCUT2D eigenvalue weighted by atomic mass is 32.2. The fourth-order valence-electron chi connectivity index (χ4n) is 16.1. The molecule has 0 radical (unpaired) electrons. The third-order valence-electron chi connectivity index (χ3n) is 20.4. The van der Waals surface area contributed by atoms with Crippen molar-refractivity contribution < 1.29 is 9.47 Å². The van der Waals surface area contributed by atoms with Crippen molar-refractivity contribution in [3.05, 3.63) is 355 Å². The van der Waals surface area contributed by atoms with E-state index in [0.717, 1.165) is 102 Å². The Labute approximate surface area is 552 Å². The molecule has 4 nitrogen and oxygen atoms in total. The van der Waals surface area contributed by atoms with Crippen LogP contribution in [0.3, 0.4) is 0 Å². The van der Waals surface area contributed by atoms with E-state index in [1.54, 1.807) is 0 Å². The Bertz CT molecular complexity index is 5360. The molecule has 0 saturated carbocycles. The van der Waals surface area contributed by atoms with Crippen LogP contribution in [0, 0.1) is 0 Å². The van der Waals surface area contributed by atoms with E-state index in [9.17, 15) is 0 Å². The summed E-state index contributed by atoms with van der Waals surface area (Å²) in [6, 6.07) is 119. The predicted molar refractivity (Wildman–Crippen MR) is 389 cm³/mol. The van der Waals surface area contributed by atoms with Gasteiger partial charge in [0.05, 0.1) is 22.5 Å². The second-order valence-electron chi connectivity index (χ2n) is 25.8. The zero-order valence-corrected chi connectivity index (χ0v) is 52.6. The van der Waals surface area contributed by atoms with Crippen LogP contribution in [0.1, 0.15) is 47.2 Å². The zero-order chi connectivity index (χ0) is 62.2. The molecular weight excluding hydrogens is 1160 g/mol. The molecule has 0 aromatic heterocycles. The maximum atomic E-state index is 7.22. The van der Waals surface area contributed by atoms with Gasteiger partial charge < -0.3 is 19.3 Å². The highest BCUT2D eigenvalue weighted by Crippen LogP contribution is 2.64. The Morgan fingerprint density at radius 1 is 0.298 bits per heavy atom. The minimum atomic E-state index is -0.774. The summed E-state index contributed by atoms with van der Waals surface area (Å²) in [7, 11) is 0. The summed E-state index contributed by atoms with van der Waals surface area (Å²) < 4.78 is 14.2. The van der Waals surface area contributed by atoms with Gasteiger partial charge in [-0.2, -0.15) is 0 Å². The van der Waals surface area contributed by atoms with Crippen molar-refractivity contribution in [1.82, 2.24) is 0 Å². The van der Waals surface area contributed by atoms with Crippen molar-refractivity contribution >= 4 is 69.0 Å². The van der Waals surface area contributed by atoms with E-state index in [1.807, 2.05) is 11.8 Å². The van der Waals surface area contributed by atoms with Crippen molar-refractivity contribution in [3.63, 3.8) is 0 Å². The average molecular weight is 1220 g/mol. The number of ether oxygens (including phenoxy) is 2. The van der Waals surface area contributed by atoms with Gasteiger partial charge in [0.15, 0.2) is 0 Å². The van der Waals surface area contributed by atoms with Crippen molar-refractivity contribution in [2.24, 2.45) is 0 Å². The number of anilines is 6. The van der Waals surface area contributed by atoms with E-state index < -0.39 is 10.8 Å². The highest BCUT2D eigenvalue weighted by molar-refractivity contribution is 8.00. The minimum absolute atomic E-state index is 0.205. The lowest BCUT2D eigenvalue weighted by Crippen LogP contribution is -2.60. The molecule has 5 heterocycles. The Balaban J connectivity index is 0.934. The van der Waals surface area contributed by atoms with Crippen molar-refractivity contribution in [2.75, 3.05) is 9.80 Å². The maximum Gasteiger partial charge on any atom is 0.249 e. The topological polar surface area (TPSA) is 24.9 Å². The van der Waals surface area contributed by atoms with E-state index in [-0.39, 0.29) is 6.71 Å². The second-order valence-corrected chi connectivity index (χ2v) is 26.9. The van der Waals surface area contributed by atoms with Crippen LogP contribution in [-0.4, -0.2) is 6.71 Å². The first-order valence-corrected chi connectivity index (χ1v) is 33.3. The first-order chi connectivity index (χ1) is 46.4. The molecule has 0 fully saturated rings. The number of rotatable bonds is 7. The van der Waals surface area contributed by atoms with Crippen molar-refractivity contribution in [1.29, 1.82) is 0 Å². The van der Waals surface area contributed by atoms with Gasteiger partial charge in [0.2, 0.25) is 6.71 Å².